The summed E-state index contributed by atoms with van der Waals surface area (Å²) in [6.07, 6.45) is 6.52. The van der Waals surface area contributed by atoms with Gasteiger partial charge in [-0.25, -0.2) is 0 Å². The van der Waals surface area contributed by atoms with Crippen molar-refractivity contribution in [1.29, 1.82) is 0 Å². The first-order valence-corrected chi connectivity index (χ1v) is 7.36. The van der Waals surface area contributed by atoms with Crippen LogP contribution in [0, 0.1) is 0 Å². The van der Waals surface area contributed by atoms with Gasteiger partial charge in [0.05, 0.1) is 5.75 Å². The fourth-order valence-corrected chi connectivity index (χ4v) is 2.20. The lowest BCUT2D eigenvalue weighted by molar-refractivity contribution is -0.113. The highest BCUT2D eigenvalue weighted by Gasteiger charge is 2.11. The summed E-state index contributed by atoms with van der Waals surface area (Å²) in [6, 6.07) is 6.99. The van der Waals surface area contributed by atoms with E-state index < -0.39 is 0 Å². The summed E-state index contributed by atoms with van der Waals surface area (Å²) in [4.78, 5) is 19.6. The second kappa shape index (κ2) is 6.81. The van der Waals surface area contributed by atoms with E-state index in [1.54, 1.807) is 49.1 Å². The first-order valence-electron chi connectivity index (χ1n) is 6.38. The fraction of sp³-hybridized carbons (Fsp3) is 0.0714. The van der Waals surface area contributed by atoms with E-state index in [1.807, 2.05) is 0 Å². The summed E-state index contributed by atoms with van der Waals surface area (Å²) < 4.78 is 5.49. The van der Waals surface area contributed by atoms with Crippen LogP contribution in [0.15, 0.2) is 58.7 Å². The van der Waals surface area contributed by atoms with Gasteiger partial charge in [-0.15, -0.1) is 10.2 Å². The molecule has 0 aliphatic heterocycles. The average molecular weight is 313 g/mol. The number of carbonyl (C=O) groups excluding carboxylic acids is 1. The second-order valence-electron chi connectivity index (χ2n) is 4.18. The van der Waals surface area contributed by atoms with Gasteiger partial charge < -0.3 is 9.73 Å². The van der Waals surface area contributed by atoms with Crippen LogP contribution in [0.4, 0.5) is 5.69 Å². The van der Waals surface area contributed by atoms with Crippen molar-refractivity contribution < 1.29 is 9.21 Å². The largest absolute Gasteiger partial charge is 0.411 e. The van der Waals surface area contributed by atoms with Crippen molar-refractivity contribution in [3.8, 4) is 11.5 Å². The molecule has 3 aromatic heterocycles. The SMILES string of the molecule is O=C(CSc1nnc(-c2ccncc2)o1)Nc1ccncc1. The molecule has 7 nitrogen and oxygen atoms in total. The minimum atomic E-state index is -0.153. The van der Waals surface area contributed by atoms with Crippen molar-refractivity contribution in [3.05, 3.63) is 49.1 Å². The lowest BCUT2D eigenvalue weighted by atomic mass is 10.3. The topological polar surface area (TPSA) is 93.8 Å². The van der Waals surface area contributed by atoms with Gasteiger partial charge >= 0.3 is 0 Å². The van der Waals surface area contributed by atoms with E-state index in [0.717, 1.165) is 5.56 Å². The van der Waals surface area contributed by atoms with Crippen molar-refractivity contribution in [1.82, 2.24) is 20.2 Å². The zero-order valence-corrected chi connectivity index (χ0v) is 12.2. The van der Waals surface area contributed by atoms with Gasteiger partial charge in [0, 0.05) is 36.0 Å². The molecule has 0 aliphatic carbocycles. The first-order chi connectivity index (χ1) is 10.8. The molecule has 3 aromatic rings. The molecule has 3 rings (SSSR count). The van der Waals surface area contributed by atoms with Crippen molar-refractivity contribution in [3.63, 3.8) is 0 Å². The third kappa shape index (κ3) is 3.67. The Kier molecular flexibility index (Phi) is 4.40. The molecule has 110 valence electrons. The van der Waals surface area contributed by atoms with Crippen LogP contribution in [-0.4, -0.2) is 31.8 Å². The summed E-state index contributed by atoms with van der Waals surface area (Å²) in [5, 5.41) is 10.9. The molecule has 0 aromatic carbocycles. The van der Waals surface area contributed by atoms with Crippen LogP contribution in [0.5, 0.6) is 0 Å². The Labute approximate surface area is 130 Å². The standard InChI is InChI=1S/C14H11N5O2S/c20-12(17-11-3-7-16-8-4-11)9-22-14-19-18-13(21-14)10-1-5-15-6-2-10/h1-8H,9H2,(H,16,17,20). The number of amides is 1. The van der Waals surface area contributed by atoms with Crippen LogP contribution in [-0.2, 0) is 4.79 Å². The van der Waals surface area contributed by atoms with Crippen LogP contribution in [0.25, 0.3) is 11.5 Å². The van der Waals surface area contributed by atoms with Gasteiger partial charge in [0.25, 0.3) is 5.22 Å². The number of rotatable bonds is 5. The van der Waals surface area contributed by atoms with E-state index in [0.29, 0.717) is 16.8 Å². The van der Waals surface area contributed by atoms with Gasteiger partial charge in [-0.1, -0.05) is 11.8 Å². The Bertz CT molecular complexity index is 748. The predicted octanol–water partition coefficient (Wildman–Crippen LogP) is 2.26. The average Bonchev–Trinajstić information content (AvgIpc) is 3.04. The molecule has 0 radical (unpaired) electrons. The molecular weight excluding hydrogens is 302 g/mol. The predicted molar refractivity (Wildman–Crippen MR) is 81.1 cm³/mol. The second-order valence-corrected chi connectivity index (χ2v) is 5.11. The Morgan fingerprint density at radius 2 is 1.73 bits per heavy atom. The molecule has 0 unspecified atom stereocenters. The van der Waals surface area contributed by atoms with Gasteiger partial charge in [0.2, 0.25) is 11.8 Å². The van der Waals surface area contributed by atoms with E-state index >= 15 is 0 Å². The summed E-state index contributed by atoms with van der Waals surface area (Å²) >= 11 is 1.18. The van der Waals surface area contributed by atoms with Crippen LogP contribution < -0.4 is 5.32 Å². The molecule has 3 heterocycles. The highest BCUT2D eigenvalue weighted by Crippen LogP contribution is 2.22. The lowest BCUT2D eigenvalue weighted by Crippen LogP contribution is -2.13. The maximum absolute atomic E-state index is 11.8. The van der Waals surface area contributed by atoms with Crippen LogP contribution in [0.3, 0.4) is 0 Å². The quantitative estimate of drug-likeness (QED) is 0.722. The van der Waals surface area contributed by atoms with Crippen molar-refractivity contribution in [2.45, 2.75) is 5.22 Å². The number of nitrogens with zero attached hydrogens (tertiary/aromatic N) is 4. The van der Waals surface area contributed by atoms with Crippen molar-refractivity contribution in [2.24, 2.45) is 0 Å². The summed E-state index contributed by atoms with van der Waals surface area (Å²) in [7, 11) is 0. The number of hydrogen-bond donors (Lipinski definition) is 1. The molecule has 22 heavy (non-hydrogen) atoms. The minimum absolute atomic E-state index is 0.153. The molecule has 0 bridgehead atoms. The van der Waals surface area contributed by atoms with Crippen LogP contribution in [0.1, 0.15) is 0 Å². The van der Waals surface area contributed by atoms with Gasteiger partial charge in [0.15, 0.2) is 0 Å². The highest BCUT2D eigenvalue weighted by molar-refractivity contribution is 7.99. The number of carbonyl (C=O) groups is 1. The summed E-state index contributed by atoms with van der Waals surface area (Å²) in [5.74, 6) is 0.430. The molecule has 1 N–H and O–H groups in total. The van der Waals surface area contributed by atoms with E-state index in [9.17, 15) is 4.79 Å². The molecule has 0 aliphatic rings. The number of aromatic nitrogens is 4. The van der Waals surface area contributed by atoms with Crippen LogP contribution >= 0.6 is 11.8 Å². The maximum atomic E-state index is 11.8. The van der Waals surface area contributed by atoms with Gasteiger partial charge in [-0.05, 0) is 24.3 Å². The molecule has 1 amide bonds. The molecule has 0 fully saturated rings. The number of hydrogen-bond acceptors (Lipinski definition) is 7. The van der Waals surface area contributed by atoms with Crippen molar-refractivity contribution in [2.75, 3.05) is 11.1 Å². The molecule has 0 saturated heterocycles. The summed E-state index contributed by atoms with van der Waals surface area (Å²) in [5.41, 5.74) is 1.49. The zero-order valence-electron chi connectivity index (χ0n) is 11.3. The number of nitrogens with one attached hydrogen (secondary N) is 1. The smallest absolute Gasteiger partial charge is 0.277 e. The van der Waals surface area contributed by atoms with Gasteiger partial charge in [-0.2, -0.15) is 0 Å². The number of pyridine rings is 2. The number of anilines is 1. The third-order valence-corrected chi connectivity index (χ3v) is 3.44. The molecule has 0 spiro atoms. The first kappa shape index (κ1) is 14.2. The Hall–Kier alpha value is -2.74. The van der Waals surface area contributed by atoms with Crippen LogP contribution in [0.2, 0.25) is 0 Å². The normalized spacial score (nSPS) is 10.4. The van der Waals surface area contributed by atoms with E-state index in [2.05, 4.69) is 25.5 Å². The Morgan fingerprint density at radius 3 is 2.45 bits per heavy atom. The Balaban J connectivity index is 1.56. The summed E-state index contributed by atoms with van der Waals surface area (Å²) in [6.45, 7) is 0. The molecule has 0 saturated carbocycles. The zero-order chi connectivity index (χ0) is 15.2. The van der Waals surface area contributed by atoms with E-state index in [-0.39, 0.29) is 11.7 Å². The number of thioether (sulfide) groups is 1. The van der Waals surface area contributed by atoms with Crippen molar-refractivity contribution >= 4 is 23.4 Å². The third-order valence-electron chi connectivity index (χ3n) is 2.62. The monoisotopic (exact) mass is 313 g/mol. The van der Waals surface area contributed by atoms with Gasteiger partial charge in [0.1, 0.15) is 0 Å². The lowest BCUT2D eigenvalue weighted by Gasteiger charge is -2.02. The Morgan fingerprint density at radius 1 is 1.05 bits per heavy atom. The minimum Gasteiger partial charge on any atom is -0.411 e. The molecular formula is C14H11N5O2S. The maximum Gasteiger partial charge on any atom is 0.277 e. The molecule has 0 atom stereocenters. The van der Waals surface area contributed by atoms with E-state index in [1.165, 1.54) is 11.8 Å². The highest BCUT2D eigenvalue weighted by atomic mass is 32.2. The fourth-order valence-electron chi connectivity index (χ4n) is 1.64. The molecule has 8 heteroatoms. The van der Waals surface area contributed by atoms with E-state index in [4.69, 9.17) is 4.42 Å². The van der Waals surface area contributed by atoms with Gasteiger partial charge in [-0.3, -0.25) is 14.8 Å².